The third-order valence-electron chi connectivity index (χ3n) is 3.74. The summed E-state index contributed by atoms with van der Waals surface area (Å²) in [6.07, 6.45) is 5.14. The third kappa shape index (κ3) is 3.41. The Labute approximate surface area is 129 Å². The Hall–Kier alpha value is -0.870. The van der Waals surface area contributed by atoms with Gasteiger partial charge in [-0.05, 0) is 25.0 Å². The van der Waals surface area contributed by atoms with E-state index in [1.54, 1.807) is 11.8 Å². The van der Waals surface area contributed by atoms with Gasteiger partial charge in [-0.3, -0.25) is 4.99 Å². The summed E-state index contributed by atoms with van der Waals surface area (Å²) in [5.74, 6) is 1.64. The molecule has 3 nitrogen and oxygen atoms in total. The maximum atomic E-state index is 6.05. The van der Waals surface area contributed by atoms with Gasteiger partial charge in [0.1, 0.15) is 5.75 Å². The van der Waals surface area contributed by atoms with Gasteiger partial charge in [0.25, 0.3) is 0 Å². The number of hydrogen-bond donors (Lipinski definition) is 1. The van der Waals surface area contributed by atoms with Gasteiger partial charge in [-0.15, -0.1) is 0 Å². The van der Waals surface area contributed by atoms with E-state index in [9.17, 15) is 0 Å². The molecule has 20 heavy (non-hydrogen) atoms. The van der Waals surface area contributed by atoms with Crippen LogP contribution in [0.2, 0.25) is 5.02 Å². The summed E-state index contributed by atoms with van der Waals surface area (Å²) in [4.78, 5) is 4.76. The zero-order chi connectivity index (χ0) is 13.8. The second-order valence-corrected chi connectivity index (χ2v) is 6.66. The van der Waals surface area contributed by atoms with Crippen molar-refractivity contribution in [2.75, 3.05) is 12.4 Å². The molecule has 1 saturated carbocycles. The normalized spacial score (nSPS) is 24.8. The Morgan fingerprint density at radius 3 is 3.00 bits per heavy atom. The molecule has 1 aromatic rings. The van der Waals surface area contributed by atoms with Gasteiger partial charge in [-0.25, -0.2) is 0 Å². The van der Waals surface area contributed by atoms with Gasteiger partial charge in [0.15, 0.2) is 5.17 Å². The highest BCUT2D eigenvalue weighted by atomic mass is 35.5. The van der Waals surface area contributed by atoms with Crippen molar-refractivity contribution in [3.8, 4) is 5.75 Å². The fourth-order valence-electron chi connectivity index (χ4n) is 2.71. The van der Waals surface area contributed by atoms with E-state index in [0.29, 0.717) is 23.7 Å². The number of ether oxygens (including phenoxy) is 1. The average molecular weight is 311 g/mol. The summed E-state index contributed by atoms with van der Waals surface area (Å²) < 4.78 is 5.68. The first-order chi connectivity index (χ1) is 9.83. The van der Waals surface area contributed by atoms with Crippen molar-refractivity contribution in [2.45, 2.75) is 37.8 Å². The molecule has 1 fully saturated rings. The summed E-state index contributed by atoms with van der Waals surface area (Å²) in [5, 5.41) is 5.29. The SMILES string of the molecule is Clc1ccccc1OCCSC1=N[C@H]2CCCC[C@@H]2N1. The van der Waals surface area contributed by atoms with Crippen LogP contribution >= 0.6 is 23.4 Å². The van der Waals surface area contributed by atoms with Crippen LogP contribution in [0.15, 0.2) is 29.3 Å². The van der Waals surface area contributed by atoms with Crippen molar-refractivity contribution >= 4 is 28.5 Å². The van der Waals surface area contributed by atoms with Gasteiger partial charge in [-0.2, -0.15) is 0 Å². The number of nitrogens with zero attached hydrogens (tertiary/aromatic N) is 1. The second-order valence-electron chi connectivity index (χ2n) is 5.16. The first-order valence-electron chi connectivity index (χ1n) is 7.17. The Morgan fingerprint density at radius 2 is 2.15 bits per heavy atom. The Kier molecular flexibility index (Phi) is 4.73. The maximum Gasteiger partial charge on any atom is 0.157 e. The van der Waals surface area contributed by atoms with Crippen molar-refractivity contribution in [3.05, 3.63) is 29.3 Å². The topological polar surface area (TPSA) is 33.6 Å². The summed E-state index contributed by atoms with van der Waals surface area (Å²) in [7, 11) is 0. The average Bonchev–Trinajstić information content (AvgIpc) is 2.88. The van der Waals surface area contributed by atoms with Crippen LogP contribution in [0.4, 0.5) is 0 Å². The van der Waals surface area contributed by atoms with Crippen LogP contribution in [0.5, 0.6) is 5.75 Å². The van der Waals surface area contributed by atoms with Crippen molar-refractivity contribution in [1.82, 2.24) is 5.32 Å². The molecule has 0 amide bonds. The third-order valence-corrected chi connectivity index (χ3v) is 4.92. The molecule has 5 heteroatoms. The number of benzene rings is 1. The van der Waals surface area contributed by atoms with Crippen LogP contribution in [-0.2, 0) is 0 Å². The molecule has 1 N–H and O–H groups in total. The second kappa shape index (κ2) is 6.72. The van der Waals surface area contributed by atoms with E-state index in [2.05, 4.69) is 5.32 Å². The smallest absolute Gasteiger partial charge is 0.157 e. The Bertz CT molecular complexity index is 495. The number of thioether (sulfide) groups is 1. The lowest BCUT2D eigenvalue weighted by Crippen LogP contribution is -2.36. The highest BCUT2D eigenvalue weighted by molar-refractivity contribution is 8.13. The van der Waals surface area contributed by atoms with E-state index < -0.39 is 0 Å². The molecule has 108 valence electrons. The largest absolute Gasteiger partial charge is 0.491 e. The summed E-state index contributed by atoms with van der Waals surface area (Å²) >= 11 is 7.79. The van der Waals surface area contributed by atoms with Crippen LogP contribution in [0.25, 0.3) is 0 Å². The van der Waals surface area contributed by atoms with Gasteiger partial charge in [0.05, 0.1) is 23.7 Å². The Balaban J connectivity index is 1.41. The standard InChI is InChI=1S/C15H19ClN2OS/c16-11-5-1-4-8-14(11)19-9-10-20-15-17-12-6-2-3-7-13(12)18-15/h1,4-5,8,12-13H,2-3,6-7,9-10H2,(H,17,18)/t12-,13-/m0/s1. The molecule has 0 spiro atoms. The molecule has 1 heterocycles. The van der Waals surface area contributed by atoms with Crippen molar-refractivity contribution < 1.29 is 4.74 Å². The van der Waals surface area contributed by atoms with Crippen molar-refractivity contribution in [2.24, 2.45) is 4.99 Å². The monoisotopic (exact) mass is 310 g/mol. The number of halogens is 1. The van der Waals surface area contributed by atoms with Gasteiger partial charge in [-0.1, -0.05) is 48.3 Å². The molecule has 1 aromatic carbocycles. The first kappa shape index (κ1) is 14.1. The highest BCUT2D eigenvalue weighted by Crippen LogP contribution is 2.27. The molecule has 3 rings (SSSR count). The minimum absolute atomic E-state index is 0.510. The zero-order valence-electron chi connectivity index (χ0n) is 11.3. The number of rotatable bonds is 4. The van der Waals surface area contributed by atoms with Crippen LogP contribution in [0, 0.1) is 0 Å². The fraction of sp³-hybridized carbons (Fsp3) is 0.533. The molecule has 1 aliphatic heterocycles. The lowest BCUT2D eigenvalue weighted by atomic mass is 9.92. The Morgan fingerprint density at radius 1 is 1.30 bits per heavy atom. The van der Waals surface area contributed by atoms with E-state index in [-0.39, 0.29) is 0 Å². The maximum absolute atomic E-state index is 6.05. The molecule has 0 bridgehead atoms. The quantitative estimate of drug-likeness (QED) is 0.861. The number of amidine groups is 1. The molecular formula is C15H19ClN2OS. The predicted octanol–water partition coefficient (Wildman–Crippen LogP) is 3.72. The lowest BCUT2D eigenvalue weighted by Gasteiger charge is -2.23. The summed E-state index contributed by atoms with van der Waals surface area (Å²) in [6.45, 7) is 0.643. The number of fused-ring (bicyclic) bond motifs is 1. The molecule has 0 radical (unpaired) electrons. The number of hydrogen-bond acceptors (Lipinski definition) is 4. The minimum atomic E-state index is 0.510. The van der Waals surface area contributed by atoms with Gasteiger partial charge >= 0.3 is 0 Å². The van der Waals surface area contributed by atoms with E-state index in [1.165, 1.54) is 25.7 Å². The van der Waals surface area contributed by atoms with Crippen LogP contribution < -0.4 is 10.1 Å². The predicted molar refractivity (Wildman–Crippen MR) is 86.0 cm³/mol. The lowest BCUT2D eigenvalue weighted by molar-refractivity contribution is 0.344. The van der Waals surface area contributed by atoms with Gasteiger partial charge < -0.3 is 10.1 Å². The molecule has 1 aliphatic carbocycles. The highest BCUT2D eigenvalue weighted by Gasteiger charge is 2.30. The molecule has 0 saturated heterocycles. The zero-order valence-corrected chi connectivity index (χ0v) is 12.9. The molecule has 0 aromatic heterocycles. The van der Waals surface area contributed by atoms with Crippen molar-refractivity contribution in [3.63, 3.8) is 0 Å². The fourth-order valence-corrected chi connectivity index (χ4v) is 3.71. The van der Waals surface area contributed by atoms with Crippen LogP contribution in [0.3, 0.4) is 0 Å². The number of aliphatic imine (C=N–C) groups is 1. The molecule has 0 unspecified atom stereocenters. The van der Waals surface area contributed by atoms with E-state index in [4.69, 9.17) is 21.3 Å². The minimum Gasteiger partial charge on any atom is -0.491 e. The van der Waals surface area contributed by atoms with E-state index in [0.717, 1.165) is 16.7 Å². The van der Waals surface area contributed by atoms with E-state index >= 15 is 0 Å². The molecule has 2 aliphatic rings. The van der Waals surface area contributed by atoms with Crippen LogP contribution in [-0.4, -0.2) is 29.6 Å². The number of para-hydroxylation sites is 1. The van der Waals surface area contributed by atoms with Crippen molar-refractivity contribution in [1.29, 1.82) is 0 Å². The van der Waals surface area contributed by atoms with Gasteiger partial charge in [0.2, 0.25) is 0 Å². The van der Waals surface area contributed by atoms with E-state index in [1.807, 2.05) is 24.3 Å². The summed E-state index contributed by atoms with van der Waals surface area (Å²) in [5.41, 5.74) is 0. The summed E-state index contributed by atoms with van der Waals surface area (Å²) in [6, 6.07) is 8.67. The molecular weight excluding hydrogens is 292 g/mol. The van der Waals surface area contributed by atoms with Gasteiger partial charge in [0, 0.05) is 5.75 Å². The number of nitrogens with one attached hydrogen (secondary N) is 1. The first-order valence-corrected chi connectivity index (χ1v) is 8.54. The van der Waals surface area contributed by atoms with Crippen LogP contribution in [0.1, 0.15) is 25.7 Å². The molecule has 2 atom stereocenters.